The summed E-state index contributed by atoms with van der Waals surface area (Å²) in [4.78, 5) is 16.1. The molecule has 3 rings (SSSR count). The highest BCUT2D eigenvalue weighted by atomic mass is 16.5. The highest BCUT2D eigenvalue weighted by Gasteiger charge is 2.06. The number of methoxy groups -OCH3 is 1. The lowest BCUT2D eigenvalue weighted by molar-refractivity contribution is -0.121. The molecule has 128 valence electrons. The van der Waals surface area contributed by atoms with Crippen molar-refractivity contribution in [3.05, 3.63) is 72.2 Å². The number of carbonyl (C=O) groups is 1. The smallest absolute Gasteiger partial charge is 0.220 e. The number of aryl methyl sites for hydroxylation is 1. The first-order chi connectivity index (χ1) is 12.2. The molecule has 0 spiro atoms. The number of hydrogen-bond donors (Lipinski definition) is 1. The SMILES string of the molecule is COc1cc(CNC(=O)CCc2cnn(-c3ccccc3)c2)ccn1. The molecule has 25 heavy (non-hydrogen) atoms. The van der Waals surface area contributed by atoms with Crippen LogP contribution in [0.2, 0.25) is 0 Å². The Morgan fingerprint density at radius 1 is 1.20 bits per heavy atom. The Morgan fingerprint density at radius 3 is 2.84 bits per heavy atom. The maximum absolute atomic E-state index is 12.0. The van der Waals surface area contributed by atoms with Crippen LogP contribution in [0.5, 0.6) is 5.88 Å². The van der Waals surface area contributed by atoms with E-state index in [9.17, 15) is 4.79 Å². The minimum Gasteiger partial charge on any atom is -0.481 e. The van der Waals surface area contributed by atoms with Crippen LogP contribution in [0.4, 0.5) is 0 Å². The van der Waals surface area contributed by atoms with Gasteiger partial charge < -0.3 is 10.1 Å². The van der Waals surface area contributed by atoms with Crippen LogP contribution in [-0.2, 0) is 17.8 Å². The van der Waals surface area contributed by atoms with Gasteiger partial charge in [0.05, 0.1) is 19.0 Å². The van der Waals surface area contributed by atoms with Gasteiger partial charge in [-0.1, -0.05) is 18.2 Å². The lowest BCUT2D eigenvalue weighted by Gasteiger charge is -2.06. The van der Waals surface area contributed by atoms with Crippen molar-refractivity contribution in [3.63, 3.8) is 0 Å². The second-order valence-electron chi connectivity index (χ2n) is 5.61. The van der Waals surface area contributed by atoms with Crippen LogP contribution in [0.15, 0.2) is 61.1 Å². The summed E-state index contributed by atoms with van der Waals surface area (Å²) in [6, 6.07) is 13.6. The number of nitrogens with zero attached hydrogens (tertiary/aromatic N) is 3. The van der Waals surface area contributed by atoms with Crippen LogP contribution < -0.4 is 10.1 Å². The van der Waals surface area contributed by atoms with Crippen LogP contribution in [0, 0.1) is 0 Å². The van der Waals surface area contributed by atoms with Crippen molar-refractivity contribution in [1.82, 2.24) is 20.1 Å². The third-order valence-electron chi connectivity index (χ3n) is 3.80. The number of aromatic nitrogens is 3. The van der Waals surface area contributed by atoms with Crippen LogP contribution in [0.3, 0.4) is 0 Å². The average Bonchev–Trinajstić information content (AvgIpc) is 3.15. The minimum atomic E-state index is 0.00300. The molecule has 6 nitrogen and oxygen atoms in total. The van der Waals surface area contributed by atoms with E-state index in [-0.39, 0.29) is 5.91 Å². The van der Waals surface area contributed by atoms with E-state index in [1.54, 1.807) is 19.5 Å². The standard InChI is InChI=1S/C19H20N4O2/c1-25-19-11-15(9-10-20-19)12-21-18(24)8-7-16-13-22-23(14-16)17-5-3-2-4-6-17/h2-6,9-11,13-14H,7-8,12H2,1H3,(H,21,24). The molecule has 2 aromatic heterocycles. The molecule has 0 unspecified atom stereocenters. The summed E-state index contributed by atoms with van der Waals surface area (Å²) in [5.74, 6) is 0.545. The Kier molecular flexibility index (Phi) is 5.41. The van der Waals surface area contributed by atoms with Gasteiger partial charge in [0.1, 0.15) is 0 Å². The molecule has 1 amide bonds. The molecular formula is C19H20N4O2. The van der Waals surface area contributed by atoms with E-state index in [4.69, 9.17) is 4.74 Å². The molecule has 0 saturated carbocycles. The fraction of sp³-hybridized carbons (Fsp3) is 0.211. The maximum atomic E-state index is 12.0. The van der Waals surface area contributed by atoms with Crippen molar-refractivity contribution < 1.29 is 9.53 Å². The highest BCUT2D eigenvalue weighted by Crippen LogP contribution is 2.10. The Hall–Kier alpha value is -3.15. The molecule has 2 heterocycles. The number of rotatable bonds is 7. The van der Waals surface area contributed by atoms with E-state index in [1.165, 1.54) is 0 Å². The van der Waals surface area contributed by atoms with Gasteiger partial charge >= 0.3 is 0 Å². The summed E-state index contributed by atoms with van der Waals surface area (Å²) in [7, 11) is 1.57. The first-order valence-corrected chi connectivity index (χ1v) is 8.09. The van der Waals surface area contributed by atoms with Gasteiger partial charge in [0.15, 0.2) is 0 Å². The van der Waals surface area contributed by atoms with Gasteiger partial charge in [-0.2, -0.15) is 5.10 Å². The summed E-state index contributed by atoms with van der Waals surface area (Å²) in [5, 5.41) is 7.25. The Balaban J connectivity index is 1.48. The molecule has 6 heteroatoms. The van der Waals surface area contributed by atoms with E-state index < -0.39 is 0 Å². The monoisotopic (exact) mass is 336 g/mol. The summed E-state index contributed by atoms with van der Waals surface area (Å²) in [6.07, 6.45) is 6.49. The zero-order valence-corrected chi connectivity index (χ0v) is 14.1. The van der Waals surface area contributed by atoms with Crippen LogP contribution >= 0.6 is 0 Å². The van der Waals surface area contributed by atoms with Gasteiger partial charge in [-0.15, -0.1) is 0 Å². The van der Waals surface area contributed by atoms with E-state index in [2.05, 4.69) is 15.4 Å². The number of ether oxygens (including phenoxy) is 1. The van der Waals surface area contributed by atoms with Crippen LogP contribution in [0.1, 0.15) is 17.5 Å². The fourth-order valence-corrected chi connectivity index (χ4v) is 2.43. The van der Waals surface area contributed by atoms with Gasteiger partial charge in [-0.25, -0.2) is 9.67 Å². The third-order valence-corrected chi connectivity index (χ3v) is 3.80. The number of pyridine rings is 1. The van der Waals surface area contributed by atoms with E-state index >= 15 is 0 Å². The average molecular weight is 336 g/mol. The molecule has 0 radical (unpaired) electrons. The fourth-order valence-electron chi connectivity index (χ4n) is 2.43. The minimum absolute atomic E-state index is 0.00300. The normalized spacial score (nSPS) is 10.4. The lowest BCUT2D eigenvalue weighted by Crippen LogP contribution is -2.23. The number of hydrogen-bond acceptors (Lipinski definition) is 4. The first-order valence-electron chi connectivity index (χ1n) is 8.09. The summed E-state index contributed by atoms with van der Waals surface area (Å²) >= 11 is 0. The van der Waals surface area contributed by atoms with Gasteiger partial charge in [-0.3, -0.25) is 4.79 Å². The van der Waals surface area contributed by atoms with Crippen LogP contribution in [0.25, 0.3) is 5.69 Å². The molecule has 0 fully saturated rings. The highest BCUT2D eigenvalue weighted by molar-refractivity contribution is 5.76. The predicted molar refractivity (Wildman–Crippen MR) is 94.5 cm³/mol. The van der Waals surface area contributed by atoms with E-state index in [0.29, 0.717) is 25.3 Å². The molecule has 0 aliphatic rings. The number of benzene rings is 1. The zero-order chi connectivity index (χ0) is 17.5. The van der Waals surface area contributed by atoms with Gasteiger partial charge in [0, 0.05) is 31.4 Å². The summed E-state index contributed by atoms with van der Waals surface area (Å²) < 4.78 is 6.89. The molecule has 0 atom stereocenters. The second kappa shape index (κ2) is 8.10. The molecule has 0 bridgehead atoms. The van der Waals surface area contributed by atoms with Gasteiger partial charge in [-0.05, 0) is 35.7 Å². The van der Waals surface area contributed by atoms with Crippen molar-refractivity contribution >= 4 is 5.91 Å². The number of carbonyl (C=O) groups excluding carboxylic acids is 1. The molecule has 0 saturated heterocycles. The van der Waals surface area contributed by atoms with Gasteiger partial charge in [0.2, 0.25) is 11.8 Å². The van der Waals surface area contributed by atoms with Crippen LogP contribution in [-0.4, -0.2) is 27.8 Å². The first kappa shape index (κ1) is 16.7. The largest absolute Gasteiger partial charge is 0.481 e. The van der Waals surface area contributed by atoms with Crippen molar-refractivity contribution in [2.45, 2.75) is 19.4 Å². The topological polar surface area (TPSA) is 69.0 Å². The molecule has 1 N–H and O–H groups in total. The van der Waals surface area contributed by atoms with Crippen molar-refractivity contribution in [2.24, 2.45) is 0 Å². The van der Waals surface area contributed by atoms with Crippen molar-refractivity contribution in [2.75, 3.05) is 7.11 Å². The van der Waals surface area contributed by atoms with Crippen molar-refractivity contribution in [3.8, 4) is 11.6 Å². The molecular weight excluding hydrogens is 316 g/mol. The number of amides is 1. The molecule has 1 aromatic carbocycles. The van der Waals surface area contributed by atoms with Gasteiger partial charge in [0.25, 0.3) is 0 Å². The third kappa shape index (κ3) is 4.67. The number of nitrogens with one attached hydrogen (secondary N) is 1. The van der Waals surface area contributed by atoms with Crippen molar-refractivity contribution in [1.29, 1.82) is 0 Å². The maximum Gasteiger partial charge on any atom is 0.220 e. The second-order valence-corrected chi connectivity index (χ2v) is 5.61. The molecule has 0 aliphatic heterocycles. The summed E-state index contributed by atoms with van der Waals surface area (Å²) in [6.45, 7) is 0.459. The van der Waals surface area contributed by atoms with E-state index in [0.717, 1.165) is 16.8 Å². The molecule has 3 aromatic rings. The number of para-hydroxylation sites is 1. The Labute approximate surface area is 146 Å². The summed E-state index contributed by atoms with van der Waals surface area (Å²) in [5.41, 5.74) is 2.99. The predicted octanol–water partition coefficient (Wildman–Crippen LogP) is 2.52. The Bertz CT molecular complexity index is 830. The zero-order valence-electron chi connectivity index (χ0n) is 14.1. The quantitative estimate of drug-likeness (QED) is 0.720. The Morgan fingerprint density at radius 2 is 2.04 bits per heavy atom. The molecule has 0 aliphatic carbocycles. The lowest BCUT2D eigenvalue weighted by atomic mass is 10.2. The van der Waals surface area contributed by atoms with E-state index in [1.807, 2.05) is 53.3 Å².